The third-order valence-electron chi connectivity index (χ3n) is 1.91. The Kier molecular flexibility index (Phi) is 2.59. The van der Waals surface area contributed by atoms with Gasteiger partial charge in [0.25, 0.3) is 0 Å². The van der Waals surface area contributed by atoms with E-state index in [0.29, 0.717) is 6.29 Å². The lowest BCUT2D eigenvalue weighted by Gasteiger charge is -2.14. The van der Waals surface area contributed by atoms with E-state index in [0.717, 1.165) is 0 Å². The molecular weight excluding hydrogens is 148 g/mol. The molecule has 0 bridgehead atoms. The first-order valence-corrected chi connectivity index (χ1v) is 3.52. The minimum atomic E-state index is -0.826. The highest BCUT2D eigenvalue weighted by Gasteiger charge is 2.41. The van der Waals surface area contributed by atoms with Crippen molar-refractivity contribution in [2.45, 2.75) is 31.3 Å². The molecule has 1 aliphatic heterocycles. The second-order valence-corrected chi connectivity index (χ2v) is 2.63. The van der Waals surface area contributed by atoms with Crippen molar-refractivity contribution in [1.29, 1.82) is 0 Å². The maximum Gasteiger partial charge on any atom is 0.151 e. The van der Waals surface area contributed by atoms with Crippen molar-refractivity contribution in [2.24, 2.45) is 0 Å². The molecule has 4 atom stereocenters. The van der Waals surface area contributed by atoms with E-state index in [2.05, 4.69) is 0 Å². The monoisotopic (exact) mass is 160 g/mol. The molecule has 1 fully saturated rings. The average molecular weight is 160 g/mol. The van der Waals surface area contributed by atoms with E-state index in [9.17, 15) is 9.90 Å². The predicted molar refractivity (Wildman–Crippen MR) is 37.2 cm³/mol. The molecule has 0 aromatic carbocycles. The van der Waals surface area contributed by atoms with Crippen molar-refractivity contribution in [3.63, 3.8) is 0 Å². The summed E-state index contributed by atoms with van der Waals surface area (Å²) in [6.45, 7) is 1.76. The normalized spacial score (nSPS) is 44.3. The van der Waals surface area contributed by atoms with Gasteiger partial charge in [-0.1, -0.05) is 0 Å². The Morgan fingerprint density at radius 1 is 1.64 bits per heavy atom. The lowest BCUT2D eigenvalue weighted by molar-refractivity contribution is -0.120. The maximum absolute atomic E-state index is 10.3. The van der Waals surface area contributed by atoms with Crippen molar-refractivity contribution in [2.75, 3.05) is 7.11 Å². The number of methoxy groups -OCH3 is 1. The largest absolute Gasteiger partial charge is 0.387 e. The van der Waals surface area contributed by atoms with Gasteiger partial charge in [-0.25, -0.2) is 0 Å². The van der Waals surface area contributed by atoms with Gasteiger partial charge in [-0.2, -0.15) is 0 Å². The first kappa shape index (κ1) is 8.64. The van der Waals surface area contributed by atoms with Crippen LogP contribution >= 0.6 is 0 Å². The van der Waals surface area contributed by atoms with E-state index in [-0.39, 0.29) is 12.2 Å². The third-order valence-corrected chi connectivity index (χ3v) is 1.91. The van der Waals surface area contributed by atoms with Crippen molar-refractivity contribution < 1.29 is 19.4 Å². The molecule has 1 N–H and O–H groups in total. The van der Waals surface area contributed by atoms with E-state index in [1.165, 1.54) is 7.11 Å². The summed E-state index contributed by atoms with van der Waals surface area (Å²) in [5.74, 6) is 0. The van der Waals surface area contributed by atoms with Crippen LogP contribution in [0.3, 0.4) is 0 Å². The SMILES string of the molecule is COC1C(O)[C@H](C=O)O[C@@H]1C. The van der Waals surface area contributed by atoms with Crippen molar-refractivity contribution in [3.8, 4) is 0 Å². The standard InChI is InChI=1S/C7H12O4/c1-4-7(10-2)6(9)5(3-8)11-4/h3-7,9H,1-2H3/t4-,5+,6?,7?/m1/s1. The third kappa shape index (κ3) is 1.42. The number of hydrogen-bond acceptors (Lipinski definition) is 4. The molecule has 0 spiro atoms. The Bertz CT molecular complexity index is 147. The zero-order chi connectivity index (χ0) is 8.43. The Hall–Kier alpha value is -0.450. The van der Waals surface area contributed by atoms with Crippen molar-refractivity contribution in [1.82, 2.24) is 0 Å². The molecule has 11 heavy (non-hydrogen) atoms. The molecule has 2 unspecified atom stereocenters. The summed E-state index contributed by atoms with van der Waals surface area (Å²) in [7, 11) is 1.49. The van der Waals surface area contributed by atoms with Crippen LogP contribution in [0.4, 0.5) is 0 Å². The Morgan fingerprint density at radius 3 is 2.55 bits per heavy atom. The van der Waals surface area contributed by atoms with Crippen molar-refractivity contribution in [3.05, 3.63) is 0 Å². The minimum absolute atomic E-state index is 0.217. The molecular formula is C7H12O4. The van der Waals surface area contributed by atoms with Gasteiger partial charge in [0.1, 0.15) is 18.3 Å². The molecule has 1 saturated heterocycles. The van der Waals surface area contributed by atoms with Gasteiger partial charge in [0.15, 0.2) is 6.29 Å². The van der Waals surface area contributed by atoms with Crippen LogP contribution in [0.25, 0.3) is 0 Å². The van der Waals surface area contributed by atoms with Gasteiger partial charge in [0.05, 0.1) is 6.10 Å². The second-order valence-electron chi connectivity index (χ2n) is 2.63. The minimum Gasteiger partial charge on any atom is -0.387 e. The number of hydrogen-bond donors (Lipinski definition) is 1. The molecule has 0 aliphatic carbocycles. The fraction of sp³-hybridized carbons (Fsp3) is 0.857. The molecule has 0 amide bonds. The van der Waals surface area contributed by atoms with E-state index < -0.39 is 12.2 Å². The fourth-order valence-electron chi connectivity index (χ4n) is 1.31. The fourth-order valence-corrected chi connectivity index (χ4v) is 1.31. The van der Waals surface area contributed by atoms with Gasteiger partial charge in [-0.05, 0) is 6.92 Å². The van der Waals surface area contributed by atoms with Gasteiger partial charge < -0.3 is 19.4 Å². The highest BCUT2D eigenvalue weighted by Crippen LogP contribution is 2.21. The summed E-state index contributed by atoms with van der Waals surface area (Å²) in [5.41, 5.74) is 0. The summed E-state index contributed by atoms with van der Waals surface area (Å²) in [5, 5.41) is 9.34. The number of aliphatic hydroxyl groups is 1. The molecule has 0 aromatic heterocycles. The summed E-state index contributed by atoms with van der Waals surface area (Å²) < 4.78 is 10.0. The van der Waals surface area contributed by atoms with Gasteiger partial charge in [-0.3, -0.25) is 0 Å². The van der Waals surface area contributed by atoms with Gasteiger partial charge in [0.2, 0.25) is 0 Å². The smallest absolute Gasteiger partial charge is 0.151 e. The maximum atomic E-state index is 10.3. The Morgan fingerprint density at radius 2 is 2.27 bits per heavy atom. The van der Waals surface area contributed by atoms with Crippen LogP contribution in [-0.4, -0.2) is 42.9 Å². The molecule has 4 heteroatoms. The number of rotatable bonds is 2. The summed E-state index contributed by atoms with van der Waals surface area (Å²) in [4.78, 5) is 10.3. The van der Waals surface area contributed by atoms with Crippen LogP contribution < -0.4 is 0 Å². The van der Waals surface area contributed by atoms with Crippen LogP contribution in [-0.2, 0) is 14.3 Å². The average Bonchev–Trinajstić information content (AvgIpc) is 2.26. The molecule has 0 aromatic rings. The summed E-state index contributed by atoms with van der Waals surface area (Å²) in [6.07, 6.45) is -1.56. The molecule has 0 saturated carbocycles. The molecule has 64 valence electrons. The van der Waals surface area contributed by atoms with Crippen LogP contribution in [0.2, 0.25) is 0 Å². The zero-order valence-electron chi connectivity index (χ0n) is 6.56. The molecule has 0 radical (unpaired) electrons. The number of carbonyl (C=O) groups is 1. The number of aliphatic hydroxyl groups excluding tert-OH is 1. The van der Waals surface area contributed by atoms with E-state index in [1.54, 1.807) is 6.92 Å². The topological polar surface area (TPSA) is 55.8 Å². The van der Waals surface area contributed by atoms with Gasteiger partial charge >= 0.3 is 0 Å². The van der Waals surface area contributed by atoms with E-state index in [1.807, 2.05) is 0 Å². The lowest BCUT2D eigenvalue weighted by atomic mass is 10.1. The Balaban J connectivity index is 2.62. The van der Waals surface area contributed by atoms with E-state index in [4.69, 9.17) is 9.47 Å². The highest BCUT2D eigenvalue weighted by molar-refractivity contribution is 5.58. The zero-order valence-corrected chi connectivity index (χ0v) is 6.56. The number of aldehydes is 1. The van der Waals surface area contributed by atoms with Gasteiger partial charge in [0, 0.05) is 7.11 Å². The lowest BCUT2D eigenvalue weighted by Crippen LogP contribution is -2.33. The van der Waals surface area contributed by atoms with Crippen LogP contribution in [0.1, 0.15) is 6.92 Å². The predicted octanol–water partition coefficient (Wildman–Crippen LogP) is -0.652. The van der Waals surface area contributed by atoms with Crippen LogP contribution in [0.5, 0.6) is 0 Å². The summed E-state index contributed by atoms with van der Waals surface area (Å²) >= 11 is 0. The number of carbonyl (C=O) groups excluding carboxylic acids is 1. The van der Waals surface area contributed by atoms with E-state index >= 15 is 0 Å². The van der Waals surface area contributed by atoms with Crippen LogP contribution in [0.15, 0.2) is 0 Å². The first-order chi connectivity index (χ1) is 5.20. The molecule has 1 rings (SSSR count). The molecule has 1 aliphatic rings. The van der Waals surface area contributed by atoms with Gasteiger partial charge in [-0.15, -0.1) is 0 Å². The second kappa shape index (κ2) is 3.30. The van der Waals surface area contributed by atoms with Crippen LogP contribution in [0, 0.1) is 0 Å². The Labute approximate surface area is 65.1 Å². The number of ether oxygens (including phenoxy) is 2. The highest BCUT2D eigenvalue weighted by atomic mass is 16.6. The molecule has 4 nitrogen and oxygen atoms in total. The quantitative estimate of drug-likeness (QED) is 0.545. The summed E-state index contributed by atoms with van der Waals surface area (Å²) in [6, 6.07) is 0. The van der Waals surface area contributed by atoms with Crippen molar-refractivity contribution >= 4 is 6.29 Å². The molecule has 1 heterocycles. The first-order valence-electron chi connectivity index (χ1n) is 3.52.